The number of benzene rings is 1. The molecule has 0 unspecified atom stereocenters. The molecule has 142 valence electrons. The van der Waals surface area contributed by atoms with Gasteiger partial charge >= 0.3 is 0 Å². The highest BCUT2D eigenvalue weighted by molar-refractivity contribution is 7.89. The number of methoxy groups -OCH3 is 3. The largest absolute Gasteiger partial charge is 0.493 e. The maximum absolute atomic E-state index is 12.2. The van der Waals surface area contributed by atoms with Crippen molar-refractivity contribution in [2.75, 3.05) is 53.3 Å². The van der Waals surface area contributed by atoms with E-state index in [2.05, 4.69) is 4.90 Å². The summed E-state index contributed by atoms with van der Waals surface area (Å²) in [6.45, 7) is 5.00. The summed E-state index contributed by atoms with van der Waals surface area (Å²) in [6, 6.07) is 3.82. The highest BCUT2D eigenvalue weighted by Crippen LogP contribution is 2.40. The number of sulfonamides is 1. The third kappa shape index (κ3) is 4.56. The van der Waals surface area contributed by atoms with Crippen LogP contribution < -0.4 is 14.2 Å². The van der Waals surface area contributed by atoms with Crippen molar-refractivity contribution in [3.05, 3.63) is 17.7 Å². The average Bonchev–Trinajstić information content (AvgIpc) is 2.61. The molecule has 0 atom stereocenters. The number of hydrogen-bond acceptors (Lipinski definition) is 6. The molecule has 2 rings (SSSR count). The topological polar surface area (TPSA) is 68.3 Å². The van der Waals surface area contributed by atoms with Crippen LogP contribution in [-0.4, -0.2) is 70.9 Å². The first-order valence-corrected chi connectivity index (χ1v) is 10.1. The van der Waals surface area contributed by atoms with Crippen LogP contribution in [0.1, 0.15) is 18.9 Å². The zero-order valence-electron chi connectivity index (χ0n) is 15.4. The first-order valence-electron chi connectivity index (χ1n) is 8.44. The lowest BCUT2D eigenvalue weighted by atomic mass is 10.1. The number of hydrogen-bond donors (Lipinski definition) is 0. The molecule has 1 aromatic carbocycles. The maximum Gasteiger partial charge on any atom is 0.214 e. The van der Waals surface area contributed by atoms with Gasteiger partial charge in [0.1, 0.15) is 0 Å². The molecule has 0 spiro atoms. The zero-order valence-corrected chi connectivity index (χ0v) is 16.3. The fourth-order valence-corrected chi connectivity index (χ4v) is 4.58. The summed E-state index contributed by atoms with van der Waals surface area (Å²) in [7, 11) is 1.67. The van der Waals surface area contributed by atoms with Crippen molar-refractivity contribution < 1.29 is 22.6 Å². The van der Waals surface area contributed by atoms with Gasteiger partial charge in [0.25, 0.3) is 0 Å². The third-order valence-electron chi connectivity index (χ3n) is 4.37. The van der Waals surface area contributed by atoms with E-state index < -0.39 is 10.0 Å². The van der Waals surface area contributed by atoms with Crippen molar-refractivity contribution in [3.8, 4) is 17.2 Å². The fraction of sp³-hybridized carbons (Fsp3) is 0.647. The molecule has 1 fully saturated rings. The van der Waals surface area contributed by atoms with E-state index in [4.69, 9.17) is 14.2 Å². The Labute approximate surface area is 150 Å². The predicted molar refractivity (Wildman–Crippen MR) is 97.0 cm³/mol. The van der Waals surface area contributed by atoms with Crippen LogP contribution in [0.5, 0.6) is 17.2 Å². The monoisotopic (exact) mass is 372 g/mol. The SMILES string of the molecule is CCCS(=O)(=O)N1CCN(Cc2ccc(OC)c(OC)c2OC)CC1. The highest BCUT2D eigenvalue weighted by atomic mass is 32.2. The molecule has 7 nitrogen and oxygen atoms in total. The van der Waals surface area contributed by atoms with E-state index in [9.17, 15) is 8.42 Å². The fourth-order valence-electron chi connectivity index (χ4n) is 3.08. The number of piperazine rings is 1. The van der Waals surface area contributed by atoms with Gasteiger partial charge in [-0.2, -0.15) is 4.31 Å². The van der Waals surface area contributed by atoms with Gasteiger partial charge in [-0.15, -0.1) is 0 Å². The maximum atomic E-state index is 12.2. The molecule has 1 aromatic rings. The Morgan fingerprint density at radius 3 is 2.12 bits per heavy atom. The minimum absolute atomic E-state index is 0.219. The molecule has 1 heterocycles. The van der Waals surface area contributed by atoms with E-state index in [-0.39, 0.29) is 5.75 Å². The van der Waals surface area contributed by atoms with Gasteiger partial charge in [0, 0.05) is 38.3 Å². The minimum atomic E-state index is -3.12. The summed E-state index contributed by atoms with van der Waals surface area (Å²) >= 11 is 0. The Bertz CT molecular complexity index is 670. The molecular weight excluding hydrogens is 344 g/mol. The molecule has 0 N–H and O–H groups in total. The molecule has 0 radical (unpaired) electrons. The van der Waals surface area contributed by atoms with Gasteiger partial charge in [0.2, 0.25) is 15.8 Å². The van der Waals surface area contributed by atoms with Gasteiger partial charge in [-0.1, -0.05) is 13.0 Å². The third-order valence-corrected chi connectivity index (χ3v) is 6.44. The van der Waals surface area contributed by atoms with Crippen molar-refractivity contribution in [2.45, 2.75) is 19.9 Å². The number of nitrogens with zero attached hydrogens (tertiary/aromatic N) is 2. The smallest absolute Gasteiger partial charge is 0.214 e. The molecule has 0 aromatic heterocycles. The Morgan fingerprint density at radius 2 is 1.60 bits per heavy atom. The van der Waals surface area contributed by atoms with Crippen LogP contribution in [-0.2, 0) is 16.6 Å². The van der Waals surface area contributed by atoms with Gasteiger partial charge in [-0.3, -0.25) is 4.90 Å². The lowest BCUT2D eigenvalue weighted by Gasteiger charge is -2.34. The number of rotatable bonds is 8. The summed E-state index contributed by atoms with van der Waals surface area (Å²) < 4.78 is 42.2. The first-order chi connectivity index (χ1) is 12.0. The van der Waals surface area contributed by atoms with E-state index in [1.807, 2.05) is 19.1 Å². The minimum Gasteiger partial charge on any atom is -0.493 e. The summed E-state index contributed by atoms with van der Waals surface area (Å²) in [6.07, 6.45) is 0.644. The molecule has 0 bridgehead atoms. The predicted octanol–water partition coefficient (Wildman–Crippen LogP) is 1.57. The van der Waals surface area contributed by atoms with E-state index in [1.165, 1.54) is 0 Å². The Hall–Kier alpha value is -1.51. The molecule has 1 aliphatic rings. The van der Waals surface area contributed by atoms with Gasteiger partial charge in [0.05, 0.1) is 27.1 Å². The van der Waals surface area contributed by atoms with Gasteiger partial charge in [-0.25, -0.2) is 8.42 Å². The van der Waals surface area contributed by atoms with Crippen LogP contribution in [0.15, 0.2) is 12.1 Å². The van der Waals surface area contributed by atoms with Crippen LogP contribution in [0.2, 0.25) is 0 Å². The normalized spacial score (nSPS) is 16.6. The van der Waals surface area contributed by atoms with Crippen LogP contribution in [0.3, 0.4) is 0 Å². The van der Waals surface area contributed by atoms with Gasteiger partial charge < -0.3 is 14.2 Å². The van der Waals surface area contributed by atoms with E-state index in [0.717, 1.165) is 5.56 Å². The molecule has 0 amide bonds. The van der Waals surface area contributed by atoms with Crippen LogP contribution >= 0.6 is 0 Å². The molecule has 1 aliphatic heterocycles. The molecular formula is C17H28N2O5S. The summed E-state index contributed by atoms with van der Waals surface area (Å²) in [5.41, 5.74) is 0.991. The zero-order chi connectivity index (χ0) is 18.4. The van der Waals surface area contributed by atoms with Crippen molar-refractivity contribution in [1.82, 2.24) is 9.21 Å². The molecule has 8 heteroatoms. The summed E-state index contributed by atoms with van der Waals surface area (Å²) in [5.74, 6) is 2.07. The number of ether oxygens (including phenoxy) is 3. The van der Waals surface area contributed by atoms with Gasteiger partial charge in [0.15, 0.2) is 11.5 Å². The molecule has 1 saturated heterocycles. The van der Waals surface area contributed by atoms with Crippen molar-refractivity contribution in [1.29, 1.82) is 0 Å². The second-order valence-corrected chi connectivity index (χ2v) is 8.07. The quantitative estimate of drug-likeness (QED) is 0.690. The molecule has 0 aliphatic carbocycles. The van der Waals surface area contributed by atoms with Crippen molar-refractivity contribution >= 4 is 10.0 Å². The first kappa shape index (κ1) is 19.8. The lowest BCUT2D eigenvalue weighted by Crippen LogP contribution is -2.48. The molecule has 25 heavy (non-hydrogen) atoms. The van der Waals surface area contributed by atoms with E-state index in [1.54, 1.807) is 25.6 Å². The molecule has 0 saturated carbocycles. The van der Waals surface area contributed by atoms with Crippen molar-refractivity contribution in [3.63, 3.8) is 0 Å². The second kappa shape index (κ2) is 8.73. The summed E-state index contributed by atoms with van der Waals surface area (Å²) in [5, 5.41) is 0. The average molecular weight is 372 g/mol. The summed E-state index contributed by atoms with van der Waals surface area (Å²) in [4.78, 5) is 2.22. The van der Waals surface area contributed by atoms with E-state index >= 15 is 0 Å². The standard InChI is InChI=1S/C17H28N2O5S/c1-5-12-25(20,21)19-10-8-18(9-11-19)13-14-6-7-15(22-2)17(24-4)16(14)23-3/h6-7H,5,8-13H2,1-4H3. The lowest BCUT2D eigenvalue weighted by molar-refractivity contribution is 0.179. The van der Waals surface area contributed by atoms with Crippen molar-refractivity contribution in [2.24, 2.45) is 0 Å². The van der Waals surface area contributed by atoms with E-state index in [0.29, 0.717) is 56.4 Å². The van der Waals surface area contributed by atoms with Crippen LogP contribution in [0.25, 0.3) is 0 Å². The van der Waals surface area contributed by atoms with Crippen LogP contribution in [0.4, 0.5) is 0 Å². The Balaban J connectivity index is 2.07. The Morgan fingerprint density at radius 1 is 0.960 bits per heavy atom. The second-order valence-electron chi connectivity index (χ2n) is 5.98. The van der Waals surface area contributed by atoms with Gasteiger partial charge in [-0.05, 0) is 12.5 Å². The van der Waals surface area contributed by atoms with Crippen LogP contribution in [0, 0.1) is 0 Å². The highest BCUT2D eigenvalue weighted by Gasteiger charge is 2.27. The Kier molecular flexibility index (Phi) is 6.92.